The van der Waals surface area contributed by atoms with Crippen LogP contribution < -0.4 is 10.2 Å². The van der Waals surface area contributed by atoms with Crippen molar-refractivity contribution >= 4 is 5.95 Å². The molecular weight excluding hydrogens is 228 g/mol. The third-order valence-electron chi connectivity index (χ3n) is 3.08. The van der Waals surface area contributed by atoms with E-state index in [-0.39, 0.29) is 0 Å². The Bertz CT molecular complexity index is 515. The van der Waals surface area contributed by atoms with Gasteiger partial charge in [-0.15, -0.1) is 5.10 Å². The van der Waals surface area contributed by atoms with Crippen LogP contribution in [0.15, 0.2) is 24.5 Å². The van der Waals surface area contributed by atoms with Gasteiger partial charge in [0.25, 0.3) is 0 Å². The monoisotopic (exact) mass is 244 g/mol. The minimum absolute atomic E-state index is 0.758. The number of hydrogen-bond acceptors (Lipinski definition) is 5. The molecule has 6 nitrogen and oxygen atoms in total. The largest absolute Gasteiger partial charge is 0.338 e. The Morgan fingerprint density at radius 3 is 2.61 bits per heavy atom. The van der Waals surface area contributed by atoms with Gasteiger partial charge in [-0.2, -0.15) is 4.98 Å². The summed E-state index contributed by atoms with van der Waals surface area (Å²) in [6.45, 7) is 3.94. The van der Waals surface area contributed by atoms with Crippen LogP contribution in [-0.2, 0) is 7.05 Å². The van der Waals surface area contributed by atoms with Crippen LogP contribution in [0, 0.1) is 0 Å². The molecule has 18 heavy (non-hydrogen) atoms. The summed E-state index contributed by atoms with van der Waals surface area (Å²) < 4.78 is 1.85. The number of hydrogen-bond donors (Lipinski definition) is 1. The lowest BCUT2D eigenvalue weighted by atomic mass is 10.2. The van der Waals surface area contributed by atoms with Gasteiger partial charge in [0, 0.05) is 51.2 Å². The summed E-state index contributed by atoms with van der Waals surface area (Å²) in [7, 11) is 1.94. The van der Waals surface area contributed by atoms with E-state index < -0.39 is 0 Å². The number of aromatic nitrogens is 4. The molecule has 6 heteroatoms. The Hall–Kier alpha value is -1.95. The number of aryl methyl sites for hydroxylation is 1. The van der Waals surface area contributed by atoms with E-state index in [0.717, 1.165) is 43.5 Å². The van der Waals surface area contributed by atoms with Crippen molar-refractivity contribution in [2.24, 2.45) is 7.05 Å². The molecular formula is C12H16N6. The standard InChI is InChI=1S/C12H16N6/c1-17-12(18-8-6-14-7-9-18)15-11(16-17)10-2-4-13-5-3-10/h2-5,14H,6-9H2,1H3. The molecule has 2 aromatic rings. The van der Waals surface area contributed by atoms with Gasteiger partial charge in [-0.3, -0.25) is 4.98 Å². The van der Waals surface area contributed by atoms with Gasteiger partial charge in [0.2, 0.25) is 5.95 Å². The predicted octanol–water partition coefficient (Wildman–Crippen LogP) is 0.287. The van der Waals surface area contributed by atoms with E-state index in [0.29, 0.717) is 0 Å². The number of anilines is 1. The van der Waals surface area contributed by atoms with Crippen LogP contribution in [0.3, 0.4) is 0 Å². The number of pyridine rings is 1. The number of nitrogens with one attached hydrogen (secondary N) is 1. The SMILES string of the molecule is Cn1nc(-c2ccncc2)nc1N1CCNCC1. The number of piperazine rings is 1. The minimum atomic E-state index is 0.758. The van der Waals surface area contributed by atoms with Crippen molar-refractivity contribution in [3.05, 3.63) is 24.5 Å². The molecule has 0 aromatic carbocycles. The van der Waals surface area contributed by atoms with Crippen molar-refractivity contribution in [3.8, 4) is 11.4 Å². The smallest absolute Gasteiger partial charge is 0.224 e. The maximum Gasteiger partial charge on any atom is 0.224 e. The predicted molar refractivity (Wildman–Crippen MR) is 69.3 cm³/mol. The van der Waals surface area contributed by atoms with E-state index in [1.807, 2.05) is 23.9 Å². The van der Waals surface area contributed by atoms with Crippen LogP contribution in [0.25, 0.3) is 11.4 Å². The van der Waals surface area contributed by atoms with Crippen molar-refractivity contribution in [1.82, 2.24) is 25.1 Å². The Morgan fingerprint density at radius 1 is 1.17 bits per heavy atom. The summed E-state index contributed by atoms with van der Waals surface area (Å²) in [6.07, 6.45) is 3.52. The average Bonchev–Trinajstić information content (AvgIpc) is 2.83. The van der Waals surface area contributed by atoms with Crippen molar-refractivity contribution in [1.29, 1.82) is 0 Å². The van der Waals surface area contributed by atoms with Crippen LogP contribution in [0.5, 0.6) is 0 Å². The summed E-state index contributed by atoms with van der Waals surface area (Å²) in [5.41, 5.74) is 1.00. The maximum absolute atomic E-state index is 4.63. The summed E-state index contributed by atoms with van der Waals surface area (Å²) >= 11 is 0. The van der Waals surface area contributed by atoms with Gasteiger partial charge < -0.3 is 10.2 Å². The van der Waals surface area contributed by atoms with E-state index in [9.17, 15) is 0 Å². The quantitative estimate of drug-likeness (QED) is 0.822. The number of nitrogens with zero attached hydrogens (tertiary/aromatic N) is 5. The Morgan fingerprint density at radius 2 is 1.89 bits per heavy atom. The van der Waals surface area contributed by atoms with E-state index in [1.54, 1.807) is 12.4 Å². The van der Waals surface area contributed by atoms with Crippen molar-refractivity contribution in [2.75, 3.05) is 31.1 Å². The first kappa shape index (κ1) is 11.2. The Labute approximate surface area is 106 Å². The second-order valence-electron chi connectivity index (χ2n) is 4.33. The van der Waals surface area contributed by atoms with Crippen molar-refractivity contribution in [2.45, 2.75) is 0 Å². The molecule has 1 aliphatic rings. The first-order valence-corrected chi connectivity index (χ1v) is 6.12. The van der Waals surface area contributed by atoms with Crippen LogP contribution in [-0.4, -0.2) is 45.9 Å². The molecule has 1 saturated heterocycles. The van der Waals surface area contributed by atoms with Gasteiger partial charge >= 0.3 is 0 Å². The van der Waals surface area contributed by atoms with Crippen molar-refractivity contribution < 1.29 is 0 Å². The molecule has 3 heterocycles. The van der Waals surface area contributed by atoms with E-state index in [1.165, 1.54) is 0 Å². The van der Waals surface area contributed by atoms with Crippen LogP contribution in [0.1, 0.15) is 0 Å². The first-order chi connectivity index (χ1) is 8.84. The highest BCUT2D eigenvalue weighted by Crippen LogP contribution is 2.18. The van der Waals surface area contributed by atoms with Gasteiger partial charge in [-0.1, -0.05) is 0 Å². The molecule has 1 N–H and O–H groups in total. The molecule has 94 valence electrons. The van der Waals surface area contributed by atoms with Gasteiger partial charge in [-0.05, 0) is 12.1 Å². The fourth-order valence-electron chi connectivity index (χ4n) is 2.14. The van der Waals surface area contributed by atoms with E-state index in [2.05, 4.69) is 25.3 Å². The molecule has 0 radical (unpaired) electrons. The van der Waals surface area contributed by atoms with E-state index in [4.69, 9.17) is 0 Å². The highest BCUT2D eigenvalue weighted by molar-refractivity contribution is 5.55. The summed E-state index contributed by atoms with van der Waals surface area (Å²) in [6, 6.07) is 3.85. The van der Waals surface area contributed by atoms with Crippen LogP contribution >= 0.6 is 0 Å². The minimum Gasteiger partial charge on any atom is -0.338 e. The normalized spacial score (nSPS) is 15.9. The Kier molecular flexibility index (Phi) is 2.93. The fraction of sp³-hybridized carbons (Fsp3) is 0.417. The van der Waals surface area contributed by atoms with Gasteiger partial charge in [0.1, 0.15) is 0 Å². The van der Waals surface area contributed by atoms with Gasteiger partial charge in [0.15, 0.2) is 5.82 Å². The zero-order valence-electron chi connectivity index (χ0n) is 10.4. The van der Waals surface area contributed by atoms with E-state index >= 15 is 0 Å². The third-order valence-corrected chi connectivity index (χ3v) is 3.08. The lowest BCUT2D eigenvalue weighted by Crippen LogP contribution is -2.44. The van der Waals surface area contributed by atoms with Crippen LogP contribution in [0.4, 0.5) is 5.95 Å². The molecule has 0 saturated carbocycles. The second kappa shape index (κ2) is 4.73. The summed E-state index contributed by atoms with van der Waals surface area (Å²) in [5, 5.41) is 7.81. The molecule has 0 unspecified atom stereocenters. The molecule has 1 fully saturated rings. The topological polar surface area (TPSA) is 58.9 Å². The molecule has 0 atom stereocenters. The molecule has 0 aliphatic carbocycles. The molecule has 0 spiro atoms. The highest BCUT2D eigenvalue weighted by atomic mass is 15.4. The van der Waals surface area contributed by atoms with Crippen molar-refractivity contribution in [3.63, 3.8) is 0 Å². The lowest BCUT2D eigenvalue weighted by Gasteiger charge is -2.27. The second-order valence-corrected chi connectivity index (χ2v) is 4.33. The zero-order chi connectivity index (χ0) is 12.4. The third kappa shape index (κ3) is 2.06. The molecule has 1 aliphatic heterocycles. The average molecular weight is 244 g/mol. The lowest BCUT2D eigenvalue weighted by molar-refractivity contribution is 0.568. The highest BCUT2D eigenvalue weighted by Gasteiger charge is 2.17. The molecule has 2 aromatic heterocycles. The first-order valence-electron chi connectivity index (χ1n) is 6.12. The molecule has 3 rings (SSSR count). The van der Waals surface area contributed by atoms with Crippen LogP contribution in [0.2, 0.25) is 0 Å². The zero-order valence-corrected chi connectivity index (χ0v) is 10.4. The summed E-state index contributed by atoms with van der Waals surface area (Å²) in [5.74, 6) is 1.69. The number of rotatable bonds is 2. The van der Waals surface area contributed by atoms with Gasteiger partial charge in [-0.25, -0.2) is 4.68 Å². The summed E-state index contributed by atoms with van der Waals surface area (Å²) in [4.78, 5) is 10.9. The Balaban J connectivity index is 1.91. The molecule has 0 bridgehead atoms. The fourth-order valence-corrected chi connectivity index (χ4v) is 2.14. The van der Waals surface area contributed by atoms with Gasteiger partial charge in [0.05, 0.1) is 0 Å². The molecule has 0 amide bonds. The maximum atomic E-state index is 4.63.